The fraction of sp³-hybridized carbons (Fsp3) is 0.385. The molecule has 1 saturated heterocycles. The van der Waals surface area contributed by atoms with Gasteiger partial charge in [0.25, 0.3) is 0 Å². The average Bonchev–Trinajstić information content (AvgIpc) is 2.92. The maximum Gasteiger partial charge on any atom is 0.243 e. The van der Waals surface area contributed by atoms with Crippen LogP contribution in [0.5, 0.6) is 0 Å². The van der Waals surface area contributed by atoms with E-state index in [1.165, 1.54) is 4.31 Å². The van der Waals surface area contributed by atoms with E-state index < -0.39 is 10.0 Å². The normalized spacial score (nSPS) is 28.5. The van der Waals surface area contributed by atoms with Crippen LogP contribution in [-0.4, -0.2) is 24.8 Å². The molecule has 0 amide bonds. The Kier molecular flexibility index (Phi) is 2.87. The Morgan fingerprint density at radius 1 is 1.29 bits per heavy atom. The molecule has 2 unspecified atom stereocenters. The summed E-state index contributed by atoms with van der Waals surface area (Å²) in [6.45, 7) is 6.34. The van der Waals surface area contributed by atoms with Gasteiger partial charge < -0.3 is 0 Å². The highest BCUT2D eigenvalue weighted by Crippen LogP contribution is 2.39. The second kappa shape index (κ2) is 3.96. The van der Waals surface area contributed by atoms with Gasteiger partial charge in [-0.15, -0.1) is 0 Å². The van der Waals surface area contributed by atoms with Crippen molar-refractivity contribution in [2.75, 3.05) is 6.54 Å². The van der Waals surface area contributed by atoms with Gasteiger partial charge >= 0.3 is 0 Å². The van der Waals surface area contributed by atoms with E-state index in [2.05, 4.69) is 0 Å². The zero-order valence-electron chi connectivity index (χ0n) is 10.3. The Bertz CT molecular complexity index is 545. The predicted octanol–water partition coefficient (Wildman–Crippen LogP) is 2.33. The first-order valence-electron chi connectivity index (χ1n) is 5.63. The van der Waals surface area contributed by atoms with Crippen molar-refractivity contribution in [2.45, 2.75) is 31.2 Å². The number of benzene rings is 1. The molecule has 1 aliphatic heterocycles. The summed E-state index contributed by atoms with van der Waals surface area (Å²) >= 11 is 0. The second-order valence-corrected chi connectivity index (χ2v) is 6.54. The van der Waals surface area contributed by atoms with E-state index in [1.807, 2.05) is 45.1 Å². The molecule has 4 heteroatoms. The van der Waals surface area contributed by atoms with E-state index in [0.29, 0.717) is 11.4 Å². The van der Waals surface area contributed by atoms with E-state index in [9.17, 15) is 8.42 Å². The number of aryl methyl sites for hydroxylation is 1. The number of allylic oxidation sites excluding steroid dienone is 1. The van der Waals surface area contributed by atoms with E-state index in [4.69, 9.17) is 0 Å². The van der Waals surface area contributed by atoms with Gasteiger partial charge in [0.15, 0.2) is 0 Å². The maximum absolute atomic E-state index is 12.3. The number of sulfonamides is 1. The van der Waals surface area contributed by atoms with Gasteiger partial charge in [0, 0.05) is 6.54 Å². The van der Waals surface area contributed by atoms with Crippen LogP contribution < -0.4 is 0 Å². The van der Waals surface area contributed by atoms with Gasteiger partial charge in [0.05, 0.1) is 10.4 Å². The number of hydrogen-bond donors (Lipinski definition) is 0. The average molecular weight is 251 g/mol. The Hall–Kier alpha value is -1.13. The molecule has 17 heavy (non-hydrogen) atoms. The number of rotatable bonds is 3. The quantitative estimate of drug-likeness (QED) is 0.611. The lowest BCUT2D eigenvalue weighted by Crippen LogP contribution is -2.19. The van der Waals surface area contributed by atoms with Crippen LogP contribution >= 0.6 is 0 Å². The number of nitrogens with zero attached hydrogens (tertiary/aromatic N) is 1. The smallest absolute Gasteiger partial charge is 0.207 e. The largest absolute Gasteiger partial charge is 0.243 e. The van der Waals surface area contributed by atoms with Crippen LogP contribution in [-0.2, 0) is 10.0 Å². The highest BCUT2D eigenvalue weighted by atomic mass is 32.2. The van der Waals surface area contributed by atoms with Gasteiger partial charge in [-0.3, -0.25) is 0 Å². The Labute approximate surface area is 103 Å². The van der Waals surface area contributed by atoms with Crippen molar-refractivity contribution in [2.24, 2.45) is 0 Å². The molecule has 0 spiro atoms. The lowest BCUT2D eigenvalue weighted by atomic mass is 10.2. The van der Waals surface area contributed by atoms with Crippen molar-refractivity contribution in [1.29, 1.82) is 0 Å². The van der Waals surface area contributed by atoms with E-state index in [1.54, 1.807) is 12.1 Å². The molecule has 0 saturated carbocycles. The van der Waals surface area contributed by atoms with Gasteiger partial charge in [0.1, 0.15) is 0 Å². The first-order chi connectivity index (χ1) is 7.90. The molecule has 3 nitrogen and oxygen atoms in total. The summed E-state index contributed by atoms with van der Waals surface area (Å²) in [6, 6.07) is 6.98. The molecule has 1 aromatic carbocycles. The molecule has 92 valence electrons. The van der Waals surface area contributed by atoms with Crippen molar-refractivity contribution >= 4 is 10.0 Å². The fourth-order valence-corrected chi connectivity index (χ4v) is 3.72. The molecule has 0 aliphatic carbocycles. The molecular formula is C13H17NO2S. The van der Waals surface area contributed by atoms with Crippen LogP contribution in [0.25, 0.3) is 0 Å². The van der Waals surface area contributed by atoms with Crippen molar-refractivity contribution in [1.82, 2.24) is 4.31 Å². The molecule has 2 rings (SSSR count). The van der Waals surface area contributed by atoms with Gasteiger partial charge in [-0.25, -0.2) is 8.42 Å². The number of hydrogen-bond acceptors (Lipinski definition) is 2. The topological polar surface area (TPSA) is 37.1 Å². The highest BCUT2D eigenvalue weighted by molar-refractivity contribution is 7.89. The van der Waals surface area contributed by atoms with Crippen LogP contribution in [0.15, 0.2) is 41.3 Å². The standard InChI is InChI=1S/C13H17NO2S/c1-4-9-13(3)10-14(13)17(15,16)12-7-5-11(2)6-8-12/h4-9H,10H2,1-3H3/b9-4+. The van der Waals surface area contributed by atoms with Crippen LogP contribution in [0.2, 0.25) is 0 Å². The first kappa shape index (κ1) is 12.3. The summed E-state index contributed by atoms with van der Waals surface area (Å²) in [4.78, 5) is 0.372. The fourth-order valence-electron chi connectivity index (χ4n) is 1.95. The van der Waals surface area contributed by atoms with Gasteiger partial charge in [-0.05, 0) is 32.9 Å². The molecular weight excluding hydrogens is 234 g/mol. The molecule has 0 N–H and O–H groups in total. The SMILES string of the molecule is C/C=C/C1(C)CN1S(=O)(=O)c1ccc(C)cc1. The molecule has 1 fully saturated rings. The molecule has 1 heterocycles. The predicted molar refractivity (Wildman–Crippen MR) is 68.3 cm³/mol. The highest BCUT2D eigenvalue weighted by Gasteiger charge is 2.53. The third-order valence-corrected chi connectivity index (χ3v) is 5.06. The molecule has 0 radical (unpaired) electrons. The minimum Gasteiger partial charge on any atom is -0.207 e. The zero-order chi connectivity index (χ0) is 12.7. The molecule has 2 atom stereocenters. The summed E-state index contributed by atoms with van der Waals surface area (Å²) in [7, 11) is -3.33. The summed E-state index contributed by atoms with van der Waals surface area (Å²) in [5, 5.41) is 0. The van der Waals surface area contributed by atoms with Gasteiger partial charge in [-0.1, -0.05) is 29.8 Å². The van der Waals surface area contributed by atoms with Crippen LogP contribution in [0, 0.1) is 6.92 Å². The van der Waals surface area contributed by atoms with Gasteiger partial charge in [0.2, 0.25) is 10.0 Å². The minimum absolute atomic E-state index is 0.335. The molecule has 1 aromatic rings. The van der Waals surface area contributed by atoms with E-state index >= 15 is 0 Å². The Morgan fingerprint density at radius 2 is 1.88 bits per heavy atom. The summed E-state index contributed by atoms with van der Waals surface area (Å²) in [5.41, 5.74) is 0.726. The minimum atomic E-state index is -3.33. The van der Waals surface area contributed by atoms with Crippen molar-refractivity contribution in [3.63, 3.8) is 0 Å². The third kappa shape index (κ3) is 2.15. The molecule has 0 aromatic heterocycles. The summed E-state index contributed by atoms with van der Waals surface area (Å²) in [6.07, 6.45) is 3.82. The molecule has 0 bridgehead atoms. The van der Waals surface area contributed by atoms with Crippen LogP contribution in [0.3, 0.4) is 0 Å². The lowest BCUT2D eigenvalue weighted by molar-refractivity contribution is 0.542. The second-order valence-electron chi connectivity index (χ2n) is 4.68. The van der Waals surface area contributed by atoms with Crippen molar-refractivity contribution in [3.05, 3.63) is 42.0 Å². The summed E-state index contributed by atoms with van der Waals surface area (Å²) in [5.74, 6) is 0. The molecule has 1 aliphatic rings. The van der Waals surface area contributed by atoms with E-state index in [0.717, 1.165) is 5.56 Å². The van der Waals surface area contributed by atoms with Gasteiger partial charge in [-0.2, -0.15) is 4.31 Å². The van der Waals surface area contributed by atoms with Crippen molar-refractivity contribution in [3.8, 4) is 0 Å². The Balaban J connectivity index is 2.31. The van der Waals surface area contributed by atoms with Crippen molar-refractivity contribution < 1.29 is 8.42 Å². The van der Waals surface area contributed by atoms with Crippen LogP contribution in [0.1, 0.15) is 19.4 Å². The summed E-state index contributed by atoms with van der Waals surface area (Å²) < 4.78 is 26.1. The van der Waals surface area contributed by atoms with Crippen LogP contribution in [0.4, 0.5) is 0 Å². The first-order valence-corrected chi connectivity index (χ1v) is 7.07. The third-order valence-electron chi connectivity index (χ3n) is 3.06. The zero-order valence-corrected chi connectivity index (χ0v) is 11.2. The monoisotopic (exact) mass is 251 g/mol. The maximum atomic E-state index is 12.3. The van der Waals surface area contributed by atoms with E-state index in [-0.39, 0.29) is 5.54 Å². The Morgan fingerprint density at radius 3 is 2.41 bits per heavy atom. The lowest BCUT2D eigenvalue weighted by Gasteiger charge is -2.09.